The number of methoxy groups -OCH3 is 1. The summed E-state index contributed by atoms with van der Waals surface area (Å²) in [5, 5.41) is 10.9. The SMILES string of the molecule is COc1cc(C=C(C#N)c2ccc(Cl)cc2)cc(Br)c1OCc1ccc(Cl)cc1. The molecule has 3 rings (SSSR count). The second-order valence-electron chi connectivity index (χ2n) is 6.13. The molecular weight excluding hydrogens is 473 g/mol. The molecule has 146 valence electrons. The van der Waals surface area contributed by atoms with E-state index in [1.807, 2.05) is 48.5 Å². The number of ether oxygens (including phenoxy) is 2. The Bertz CT molecular complexity index is 1070. The molecule has 0 aromatic heterocycles. The number of rotatable bonds is 6. The number of nitriles is 1. The largest absolute Gasteiger partial charge is 0.493 e. The molecule has 3 nitrogen and oxygen atoms in total. The zero-order chi connectivity index (χ0) is 20.8. The lowest BCUT2D eigenvalue weighted by Gasteiger charge is -2.14. The summed E-state index contributed by atoms with van der Waals surface area (Å²) in [6.45, 7) is 0.371. The molecule has 0 bridgehead atoms. The maximum Gasteiger partial charge on any atom is 0.175 e. The number of halogens is 3. The van der Waals surface area contributed by atoms with E-state index < -0.39 is 0 Å². The molecule has 0 saturated carbocycles. The van der Waals surface area contributed by atoms with Crippen LogP contribution in [0.5, 0.6) is 11.5 Å². The molecule has 0 spiro atoms. The van der Waals surface area contributed by atoms with Crippen molar-refractivity contribution in [1.29, 1.82) is 5.26 Å². The van der Waals surface area contributed by atoms with Gasteiger partial charge in [0.05, 0.1) is 23.2 Å². The van der Waals surface area contributed by atoms with Crippen molar-refractivity contribution >= 4 is 50.8 Å². The first-order valence-corrected chi connectivity index (χ1v) is 10.2. The van der Waals surface area contributed by atoms with Gasteiger partial charge in [-0.3, -0.25) is 0 Å². The standard InChI is InChI=1S/C23H16BrCl2NO2/c1-28-22-12-16(10-18(13-27)17-4-8-20(26)9-5-17)11-21(24)23(22)29-14-15-2-6-19(25)7-3-15/h2-12H,14H2,1H3. The molecule has 0 aliphatic carbocycles. The highest BCUT2D eigenvalue weighted by Crippen LogP contribution is 2.38. The average molecular weight is 489 g/mol. The van der Waals surface area contributed by atoms with Gasteiger partial charge in [0, 0.05) is 10.0 Å². The Balaban J connectivity index is 1.88. The Labute approximate surface area is 188 Å². The summed E-state index contributed by atoms with van der Waals surface area (Å²) in [5.41, 5.74) is 3.10. The third kappa shape index (κ3) is 5.55. The van der Waals surface area contributed by atoms with Crippen molar-refractivity contribution in [2.24, 2.45) is 0 Å². The second kappa shape index (κ2) is 9.84. The van der Waals surface area contributed by atoms with Crippen LogP contribution in [0.1, 0.15) is 16.7 Å². The minimum atomic E-state index is 0.371. The lowest BCUT2D eigenvalue weighted by atomic mass is 10.0. The van der Waals surface area contributed by atoms with Gasteiger partial charge >= 0.3 is 0 Å². The molecular formula is C23H16BrCl2NO2. The minimum absolute atomic E-state index is 0.371. The summed E-state index contributed by atoms with van der Waals surface area (Å²) in [7, 11) is 1.58. The number of nitrogens with zero attached hydrogens (tertiary/aromatic N) is 1. The molecule has 3 aromatic rings. The van der Waals surface area contributed by atoms with E-state index in [2.05, 4.69) is 22.0 Å². The molecule has 0 radical (unpaired) electrons. The summed E-state index contributed by atoms with van der Waals surface area (Å²) in [6, 6.07) is 20.5. The van der Waals surface area contributed by atoms with E-state index in [1.165, 1.54) is 0 Å². The average Bonchev–Trinajstić information content (AvgIpc) is 2.72. The van der Waals surface area contributed by atoms with Gasteiger partial charge in [0.25, 0.3) is 0 Å². The molecule has 3 aromatic carbocycles. The zero-order valence-electron chi connectivity index (χ0n) is 15.5. The number of hydrogen-bond acceptors (Lipinski definition) is 3. The Morgan fingerprint density at radius 2 is 1.66 bits per heavy atom. The van der Waals surface area contributed by atoms with Gasteiger partial charge in [-0.05, 0) is 75.1 Å². The summed E-state index contributed by atoms with van der Waals surface area (Å²) >= 11 is 15.4. The van der Waals surface area contributed by atoms with Crippen LogP contribution < -0.4 is 9.47 Å². The van der Waals surface area contributed by atoms with E-state index in [1.54, 1.807) is 25.3 Å². The van der Waals surface area contributed by atoms with E-state index in [-0.39, 0.29) is 0 Å². The van der Waals surface area contributed by atoms with Gasteiger partial charge in [-0.2, -0.15) is 5.26 Å². The van der Waals surface area contributed by atoms with Crippen molar-refractivity contribution in [3.8, 4) is 17.6 Å². The first-order chi connectivity index (χ1) is 14.0. The normalized spacial score (nSPS) is 11.1. The van der Waals surface area contributed by atoms with Gasteiger partial charge in [0.2, 0.25) is 0 Å². The Morgan fingerprint density at radius 1 is 1.03 bits per heavy atom. The summed E-state index contributed by atoms with van der Waals surface area (Å²) in [6.07, 6.45) is 1.79. The van der Waals surface area contributed by atoms with Crippen molar-refractivity contribution < 1.29 is 9.47 Å². The second-order valence-corrected chi connectivity index (χ2v) is 7.85. The van der Waals surface area contributed by atoms with Gasteiger partial charge < -0.3 is 9.47 Å². The fraction of sp³-hybridized carbons (Fsp3) is 0.0870. The first kappa shape index (κ1) is 21.3. The van der Waals surface area contributed by atoms with E-state index in [9.17, 15) is 5.26 Å². The van der Waals surface area contributed by atoms with Crippen LogP contribution >= 0.6 is 39.1 Å². The fourth-order valence-corrected chi connectivity index (χ4v) is 3.50. The van der Waals surface area contributed by atoms with Gasteiger partial charge in [-0.15, -0.1) is 0 Å². The Morgan fingerprint density at radius 3 is 2.24 bits per heavy atom. The van der Waals surface area contributed by atoms with Gasteiger partial charge in [-0.1, -0.05) is 47.5 Å². The topological polar surface area (TPSA) is 42.2 Å². The smallest absolute Gasteiger partial charge is 0.175 e. The van der Waals surface area contributed by atoms with Crippen LogP contribution in [0.4, 0.5) is 0 Å². The highest BCUT2D eigenvalue weighted by Gasteiger charge is 2.12. The third-order valence-corrected chi connectivity index (χ3v) is 5.23. The van der Waals surface area contributed by atoms with Crippen LogP contribution in [0.15, 0.2) is 65.1 Å². The maximum atomic E-state index is 9.56. The molecule has 29 heavy (non-hydrogen) atoms. The van der Waals surface area contributed by atoms with Crippen LogP contribution in [-0.4, -0.2) is 7.11 Å². The van der Waals surface area contributed by atoms with Crippen molar-refractivity contribution in [2.75, 3.05) is 7.11 Å². The quantitative estimate of drug-likeness (QED) is 0.268. The predicted molar refractivity (Wildman–Crippen MR) is 121 cm³/mol. The highest BCUT2D eigenvalue weighted by atomic mass is 79.9. The van der Waals surface area contributed by atoms with Crippen molar-refractivity contribution in [3.63, 3.8) is 0 Å². The maximum absolute atomic E-state index is 9.56. The van der Waals surface area contributed by atoms with Crippen molar-refractivity contribution in [2.45, 2.75) is 6.61 Å². The minimum Gasteiger partial charge on any atom is -0.493 e. The van der Waals surface area contributed by atoms with Crippen LogP contribution in [0.3, 0.4) is 0 Å². The molecule has 0 saturated heterocycles. The number of benzene rings is 3. The van der Waals surface area contributed by atoms with E-state index >= 15 is 0 Å². The van der Waals surface area contributed by atoms with Crippen LogP contribution in [0, 0.1) is 11.3 Å². The predicted octanol–water partition coefficient (Wildman–Crippen LogP) is 7.41. The summed E-state index contributed by atoms with van der Waals surface area (Å²) in [5.74, 6) is 1.15. The van der Waals surface area contributed by atoms with Crippen LogP contribution in [0.2, 0.25) is 10.0 Å². The zero-order valence-corrected chi connectivity index (χ0v) is 18.6. The summed E-state index contributed by atoms with van der Waals surface area (Å²) < 4.78 is 12.2. The van der Waals surface area contributed by atoms with E-state index in [0.717, 1.165) is 21.2 Å². The third-order valence-electron chi connectivity index (χ3n) is 4.13. The molecule has 0 unspecified atom stereocenters. The van der Waals surface area contributed by atoms with Gasteiger partial charge in [0.15, 0.2) is 11.5 Å². The number of hydrogen-bond donors (Lipinski definition) is 0. The molecule has 0 amide bonds. The Hall–Kier alpha value is -2.45. The molecule has 0 N–H and O–H groups in total. The molecule has 6 heteroatoms. The van der Waals surface area contributed by atoms with Crippen LogP contribution in [-0.2, 0) is 6.61 Å². The molecule has 0 fully saturated rings. The van der Waals surface area contributed by atoms with E-state index in [0.29, 0.717) is 33.7 Å². The molecule has 0 aliphatic rings. The lowest BCUT2D eigenvalue weighted by Crippen LogP contribution is -1.99. The van der Waals surface area contributed by atoms with E-state index in [4.69, 9.17) is 32.7 Å². The van der Waals surface area contributed by atoms with Crippen molar-refractivity contribution in [3.05, 3.63) is 91.9 Å². The van der Waals surface area contributed by atoms with Crippen LogP contribution in [0.25, 0.3) is 11.6 Å². The van der Waals surface area contributed by atoms with Crippen molar-refractivity contribution in [1.82, 2.24) is 0 Å². The van der Waals surface area contributed by atoms with Gasteiger partial charge in [-0.25, -0.2) is 0 Å². The monoisotopic (exact) mass is 487 g/mol. The molecule has 0 aliphatic heterocycles. The first-order valence-electron chi connectivity index (χ1n) is 8.62. The molecule has 0 heterocycles. The Kier molecular flexibility index (Phi) is 7.22. The fourth-order valence-electron chi connectivity index (χ4n) is 2.68. The highest BCUT2D eigenvalue weighted by molar-refractivity contribution is 9.10. The number of allylic oxidation sites excluding steroid dienone is 1. The summed E-state index contributed by atoms with van der Waals surface area (Å²) in [4.78, 5) is 0. The molecule has 0 atom stereocenters. The van der Waals surface area contributed by atoms with Gasteiger partial charge in [0.1, 0.15) is 6.61 Å². The lowest BCUT2D eigenvalue weighted by molar-refractivity contribution is 0.282.